The van der Waals surface area contributed by atoms with Crippen molar-refractivity contribution in [3.63, 3.8) is 0 Å². The highest BCUT2D eigenvalue weighted by Crippen LogP contribution is 2.28. The number of nitrogens with one attached hydrogen (secondary N) is 2. The Kier molecular flexibility index (Phi) is 6.23. The van der Waals surface area contributed by atoms with Crippen molar-refractivity contribution in [1.29, 1.82) is 0 Å². The van der Waals surface area contributed by atoms with Crippen molar-refractivity contribution in [3.8, 4) is 5.75 Å². The van der Waals surface area contributed by atoms with Crippen LogP contribution in [-0.2, 0) is 16.1 Å². The zero-order valence-electron chi connectivity index (χ0n) is 16.3. The van der Waals surface area contributed by atoms with E-state index in [1.807, 2.05) is 6.07 Å². The average Bonchev–Trinajstić information content (AvgIpc) is 2.70. The van der Waals surface area contributed by atoms with Gasteiger partial charge in [-0.2, -0.15) is 0 Å². The molecule has 2 amide bonds. The first-order chi connectivity index (χ1) is 14.0. The molecule has 0 atom stereocenters. The Morgan fingerprint density at radius 3 is 2.69 bits per heavy atom. The number of nitrogens with zero attached hydrogens (tertiary/aromatic N) is 2. The molecule has 29 heavy (non-hydrogen) atoms. The Morgan fingerprint density at radius 2 is 1.93 bits per heavy atom. The van der Waals surface area contributed by atoms with E-state index in [1.165, 1.54) is 24.9 Å². The van der Waals surface area contributed by atoms with E-state index >= 15 is 0 Å². The molecular weight excluding hydrogens is 372 g/mol. The number of amides is 2. The monoisotopic (exact) mass is 394 g/mol. The number of benzene rings is 2. The first kappa shape index (κ1) is 20.1. The molecular formula is C21H22N4O4. The van der Waals surface area contributed by atoms with Gasteiger partial charge < -0.3 is 15.4 Å². The summed E-state index contributed by atoms with van der Waals surface area (Å²) in [5.41, 5.74) is 1.55. The molecule has 1 heterocycles. The van der Waals surface area contributed by atoms with E-state index in [0.717, 1.165) is 0 Å². The van der Waals surface area contributed by atoms with Gasteiger partial charge in [0.1, 0.15) is 5.75 Å². The van der Waals surface area contributed by atoms with E-state index in [-0.39, 0.29) is 23.8 Å². The molecule has 0 aliphatic rings. The van der Waals surface area contributed by atoms with Gasteiger partial charge in [0.15, 0.2) is 0 Å². The lowest BCUT2D eigenvalue weighted by Crippen LogP contribution is -2.21. The van der Waals surface area contributed by atoms with Crippen LogP contribution in [0.1, 0.15) is 19.8 Å². The number of carbonyl (C=O) groups excluding carboxylic acids is 2. The number of anilines is 2. The van der Waals surface area contributed by atoms with E-state index < -0.39 is 0 Å². The summed E-state index contributed by atoms with van der Waals surface area (Å²) in [6.07, 6.45) is 2.19. The summed E-state index contributed by atoms with van der Waals surface area (Å²) in [6, 6.07) is 12.1. The van der Waals surface area contributed by atoms with Crippen molar-refractivity contribution in [3.05, 3.63) is 59.1 Å². The predicted molar refractivity (Wildman–Crippen MR) is 111 cm³/mol. The maximum absolute atomic E-state index is 12.5. The number of fused-ring (bicyclic) bond motifs is 1. The number of aromatic nitrogens is 2. The number of rotatable bonds is 7. The summed E-state index contributed by atoms with van der Waals surface area (Å²) in [7, 11) is 1.50. The minimum absolute atomic E-state index is 0.124. The molecule has 8 nitrogen and oxygen atoms in total. The van der Waals surface area contributed by atoms with E-state index in [4.69, 9.17) is 4.74 Å². The normalized spacial score (nSPS) is 10.6. The van der Waals surface area contributed by atoms with E-state index in [1.54, 1.807) is 36.4 Å². The number of methoxy groups -OCH3 is 1. The molecule has 0 fully saturated rings. The van der Waals surface area contributed by atoms with Crippen LogP contribution < -0.4 is 20.9 Å². The molecule has 1 aromatic heterocycles. The van der Waals surface area contributed by atoms with Gasteiger partial charge in [-0.05, 0) is 36.8 Å². The van der Waals surface area contributed by atoms with Crippen LogP contribution in [0.5, 0.6) is 5.75 Å². The maximum atomic E-state index is 12.5. The molecule has 8 heteroatoms. The Morgan fingerprint density at radius 1 is 1.14 bits per heavy atom. The van der Waals surface area contributed by atoms with Gasteiger partial charge in [0.05, 0.1) is 30.0 Å². The summed E-state index contributed by atoms with van der Waals surface area (Å²) < 4.78 is 6.76. The van der Waals surface area contributed by atoms with Crippen LogP contribution in [0.25, 0.3) is 10.9 Å². The summed E-state index contributed by atoms with van der Waals surface area (Å²) >= 11 is 0. The quantitative estimate of drug-likeness (QED) is 0.642. The highest BCUT2D eigenvalue weighted by molar-refractivity contribution is 5.94. The van der Waals surface area contributed by atoms with Crippen molar-refractivity contribution >= 4 is 34.1 Å². The number of hydrogen-bond donors (Lipinski definition) is 2. The van der Waals surface area contributed by atoms with E-state index in [2.05, 4.69) is 15.6 Å². The zero-order valence-corrected chi connectivity index (χ0v) is 16.3. The zero-order chi connectivity index (χ0) is 20.8. The first-order valence-electron chi connectivity index (χ1n) is 9.17. The molecule has 0 aliphatic heterocycles. The van der Waals surface area contributed by atoms with Crippen LogP contribution in [0.15, 0.2) is 53.6 Å². The van der Waals surface area contributed by atoms with Gasteiger partial charge in [0, 0.05) is 25.6 Å². The van der Waals surface area contributed by atoms with Gasteiger partial charge in [0.25, 0.3) is 5.56 Å². The van der Waals surface area contributed by atoms with Crippen LogP contribution in [0.4, 0.5) is 11.4 Å². The van der Waals surface area contributed by atoms with Crippen molar-refractivity contribution in [2.24, 2.45) is 0 Å². The molecule has 0 bridgehead atoms. The second kappa shape index (κ2) is 9.01. The largest absolute Gasteiger partial charge is 0.495 e. The Balaban J connectivity index is 1.62. The number of carbonyl (C=O) groups is 2. The van der Waals surface area contributed by atoms with Crippen LogP contribution in [0.3, 0.4) is 0 Å². The maximum Gasteiger partial charge on any atom is 0.261 e. The third-order valence-corrected chi connectivity index (χ3v) is 4.33. The molecule has 3 aromatic rings. The van der Waals surface area contributed by atoms with Gasteiger partial charge >= 0.3 is 0 Å². The van der Waals surface area contributed by atoms with Gasteiger partial charge in [0.2, 0.25) is 11.8 Å². The highest BCUT2D eigenvalue weighted by atomic mass is 16.5. The lowest BCUT2D eigenvalue weighted by Gasteiger charge is -2.12. The lowest BCUT2D eigenvalue weighted by molar-refractivity contribution is -0.116. The molecule has 3 rings (SSSR count). The lowest BCUT2D eigenvalue weighted by atomic mass is 10.2. The number of ether oxygens (including phenoxy) is 1. The SMILES string of the molecule is COc1ccc(NC(C)=O)cc1NC(=O)CCCn1cnc2ccccc2c1=O. The Labute approximate surface area is 167 Å². The topological polar surface area (TPSA) is 102 Å². The second-order valence-corrected chi connectivity index (χ2v) is 6.51. The third-order valence-electron chi connectivity index (χ3n) is 4.33. The number of aryl methyl sites for hydroxylation is 1. The van der Waals surface area contributed by atoms with E-state index in [0.29, 0.717) is 41.0 Å². The molecule has 0 spiro atoms. The predicted octanol–water partition coefficient (Wildman–Crippen LogP) is 2.78. The Hall–Kier alpha value is -3.68. The summed E-state index contributed by atoms with van der Waals surface area (Å²) in [5, 5.41) is 6.01. The van der Waals surface area contributed by atoms with Crippen molar-refractivity contribution < 1.29 is 14.3 Å². The average molecular weight is 394 g/mol. The molecule has 0 unspecified atom stereocenters. The first-order valence-corrected chi connectivity index (χ1v) is 9.17. The molecule has 2 aromatic carbocycles. The fourth-order valence-electron chi connectivity index (χ4n) is 2.97. The summed E-state index contributed by atoms with van der Waals surface area (Å²) in [5.74, 6) is 0.0642. The molecule has 0 radical (unpaired) electrons. The van der Waals surface area contributed by atoms with Crippen LogP contribution in [0.2, 0.25) is 0 Å². The second-order valence-electron chi connectivity index (χ2n) is 6.51. The van der Waals surface area contributed by atoms with Gasteiger partial charge in [-0.3, -0.25) is 19.0 Å². The van der Waals surface area contributed by atoms with Gasteiger partial charge in [-0.15, -0.1) is 0 Å². The minimum atomic E-state index is -0.218. The molecule has 0 saturated carbocycles. The number of hydrogen-bond acceptors (Lipinski definition) is 5. The smallest absolute Gasteiger partial charge is 0.261 e. The third kappa shape index (κ3) is 4.98. The fourth-order valence-corrected chi connectivity index (χ4v) is 2.97. The van der Waals surface area contributed by atoms with E-state index in [9.17, 15) is 14.4 Å². The molecule has 150 valence electrons. The number of para-hydroxylation sites is 1. The molecule has 0 saturated heterocycles. The van der Waals surface area contributed by atoms with Gasteiger partial charge in [-0.1, -0.05) is 12.1 Å². The highest BCUT2D eigenvalue weighted by Gasteiger charge is 2.10. The van der Waals surface area contributed by atoms with Gasteiger partial charge in [-0.25, -0.2) is 4.98 Å². The van der Waals surface area contributed by atoms with Crippen LogP contribution >= 0.6 is 0 Å². The van der Waals surface area contributed by atoms with Crippen molar-refractivity contribution in [2.45, 2.75) is 26.3 Å². The van der Waals surface area contributed by atoms with Crippen LogP contribution in [0, 0.1) is 0 Å². The van der Waals surface area contributed by atoms with Crippen LogP contribution in [-0.4, -0.2) is 28.5 Å². The van der Waals surface area contributed by atoms with Crippen molar-refractivity contribution in [1.82, 2.24) is 9.55 Å². The van der Waals surface area contributed by atoms with Crippen molar-refractivity contribution in [2.75, 3.05) is 17.7 Å². The Bertz CT molecular complexity index is 1110. The standard InChI is InChI=1S/C21H22N4O4/c1-14(26)23-15-9-10-19(29-2)18(12-15)24-20(27)8-5-11-25-13-22-17-7-4-3-6-16(17)21(25)28/h3-4,6-7,9-10,12-13H,5,8,11H2,1-2H3,(H,23,26)(H,24,27). The molecule has 2 N–H and O–H groups in total. The minimum Gasteiger partial charge on any atom is -0.495 e. The summed E-state index contributed by atoms with van der Waals surface area (Å²) in [6.45, 7) is 1.79. The fraction of sp³-hybridized carbons (Fsp3) is 0.238. The molecule has 0 aliphatic carbocycles. The summed E-state index contributed by atoms with van der Waals surface area (Å²) in [4.78, 5) is 40.3.